The first-order valence-corrected chi connectivity index (χ1v) is 6.33. The molecule has 1 amide bonds. The molecule has 1 heterocycles. The lowest BCUT2D eigenvalue weighted by Gasteiger charge is -2.17. The van der Waals surface area contributed by atoms with Crippen LogP contribution in [0.25, 0.3) is 0 Å². The van der Waals surface area contributed by atoms with Crippen LogP contribution in [0.1, 0.15) is 15.2 Å². The van der Waals surface area contributed by atoms with Crippen LogP contribution in [-0.4, -0.2) is 23.0 Å². The SMILES string of the molecule is CN(Cc1ccccc1O)C(=O)c1sccc1N. The molecule has 0 spiro atoms. The molecular formula is C13H14N2O2S. The van der Waals surface area contributed by atoms with Crippen LogP contribution in [0.15, 0.2) is 35.7 Å². The van der Waals surface area contributed by atoms with Gasteiger partial charge in [0, 0.05) is 19.2 Å². The quantitative estimate of drug-likeness (QED) is 0.892. The van der Waals surface area contributed by atoms with Gasteiger partial charge in [0.25, 0.3) is 5.91 Å². The molecular weight excluding hydrogens is 248 g/mol. The molecule has 0 bridgehead atoms. The molecule has 2 rings (SSSR count). The summed E-state index contributed by atoms with van der Waals surface area (Å²) in [5, 5.41) is 11.5. The van der Waals surface area contributed by atoms with Crippen LogP contribution in [-0.2, 0) is 6.54 Å². The van der Waals surface area contributed by atoms with Gasteiger partial charge >= 0.3 is 0 Å². The van der Waals surface area contributed by atoms with Crippen molar-refractivity contribution in [1.29, 1.82) is 0 Å². The molecule has 3 N–H and O–H groups in total. The summed E-state index contributed by atoms with van der Waals surface area (Å²) in [6.45, 7) is 0.350. The molecule has 1 aromatic heterocycles. The van der Waals surface area contributed by atoms with E-state index in [1.807, 2.05) is 6.07 Å². The number of hydrogen-bond donors (Lipinski definition) is 2. The van der Waals surface area contributed by atoms with E-state index < -0.39 is 0 Å². The van der Waals surface area contributed by atoms with E-state index in [9.17, 15) is 9.90 Å². The van der Waals surface area contributed by atoms with Gasteiger partial charge in [0.1, 0.15) is 10.6 Å². The molecule has 0 saturated heterocycles. The van der Waals surface area contributed by atoms with Crippen molar-refractivity contribution in [2.45, 2.75) is 6.54 Å². The second-order valence-corrected chi connectivity index (χ2v) is 4.91. The van der Waals surface area contributed by atoms with E-state index in [-0.39, 0.29) is 11.7 Å². The standard InChI is InChI=1S/C13H14N2O2S/c1-15(8-9-4-2-3-5-11(9)16)13(17)12-10(14)6-7-18-12/h2-7,16H,8,14H2,1H3. The Bertz CT molecular complexity index is 566. The Hall–Kier alpha value is -2.01. The van der Waals surface area contributed by atoms with Crippen LogP contribution in [0.4, 0.5) is 5.69 Å². The third-order valence-corrected chi connectivity index (χ3v) is 3.55. The average molecular weight is 262 g/mol. The Balaban J connectivity index is 2.14. The lowest BCUT2D eigenvalue weighted by atomic mass is 10.2. The summed E-state index contributed by atoms with van der Waals surface area (Å²) < 4.78 is 0. The van der Waals surface area contributed by atoms with Crippen molar-refractivity contribution in [3.05, 3.63) is 46.2 Å². The van der Waals surface area contributed by atoms with E-state index >= 15 is 0 Å². The second-order valence-electron chi connectivity index (χ2n) is 3.99. The smallest absolute Gasteiger partial charge is 0.266 e. The summed E-state index contributed by atoms with van der Waals surface area (Å²) in [5.41, 5.74) is 6.92. The molecule has 0 atom stereocenters. The Morgan fingerprint density at radius 2 is 2.11 bits per heavy atom. The van der Waals surface area contributed by atoms with Crippen LogP contribution >= 0.6 is 11.3 Å². The number of phenols is 1. The van der Waals surface area contributed by atoms with Crippen molar-refractivity contribution < 1.29 is 9.90 Å². The van der Waals surface area contributed by atoms with Crippen LogP contribution in [0.5, 0.6) is 5.75 Å². The summed E-state index contributed by atoms with van der Waals surface area (Å²) in [5.74, 6) is 0.0575. The molecule has 0 aliphatic rings. The van der Waals surface area contributed by atoms with Gasteiger partial charge in [0.15, 0.2) is 0 Å². The Labute approximate surface area is 109 Å². The highest BCUT2D eigenvalue weighted by Crippen LogP contribution is 2.23. The van der Waals surface area contributed by atoms with Crippen LogP contribution in [0, 0.1) is 0 Å². The molecule has 0 aliphatic heterocycles. The number of phenolic OH excluding ortho intramolecular Hbond substituents is 1. The molecule has 0 aliphatic carbocycles. The van der Waals surface area contributed by atoms with E-state index in [0.29, 0.717) is 22.7 Å². The van der Waals surface area contributed by atoms with E-state index in [0.717, 1.165) is 0 Å². The van der Waals surface area contributed by atoms with Gasteiger partial charge in [0.2, 0.25) is 0 Å². The molecule has 5 heteroatoms. The highest BCUT2D eigenvalue weighted by molar-refractivity contribution is 7.12. The third kappa shape index (κ3) is 2.46. The second kappa shape index (κ2) is 5.10. The monoisotopic (exact) mass is 262 g/mol. The van der Waals surface area contributed by atoms with Crippen molar-refractivity contribution in [2.75, 3.05) is 12.8 Å². The minimum Gasteiger partial charge on any atom is -0.508 e. The highest BCUT2D eigenvalue weighted by Gasteiger charge is 2.17. The summed E-state index contributed by atoms with van der Waals surface area (Å²) in [6, 6.07) is 8.68. The van der Waals surface area contributed by atoms with Gasteiger partial charge in [-0.1, -0.05) is 18.2 Å². The number of aromatic hydroxyl groups is 1. The van der Waals surface area contributed by atoms with E-state index in [1.54, 1.807) is 36.7 Å². The molecule has 0 saturated carbocycles. The van der Waals surface area contributed by atoms with Gasteiger partial charge in [-0.25, -0.2) is 0 Å². The molecule has 0 radical (unpaired) electrons. The van der Waals surface area contributed by atoms with Crippen LogP contribution in [0.2, 0.25) is 0 Å². The minimum atomic E-state index is -0.134. The van der Waals surface area contributed by atoms with Gasteiger partial charge in [-0.2, -0.15) is 0 Å². The summed E-state index contributed by atoms with van der Waals surface area (Å²) in [4.78, 5) is 14.2. The van der Waals surface area contributed by atoms with Gasteiger partial charge in [0.05, 0.1) is 5.69 Å². The topological polar surface area (TPSA) is 66.6 Å². The number of amides is 1. The van der Waals surface area contributed by atoms with Crippen molar-refractivity contribution in [1.82, 2.24) is 4.90 Å². The summed E-state index contributed by atoms with van der Waals surface area (Å²) in [7, 11) is 1.69. The Morgan fingerprint density at radius 3 is 2.72 bits per heavy atom. The zero-order valence-corrected chi connectivity index (χ0v) is 10.8. The molecule has 1 aromatic carbocycles. The number of carbonyl (C=O) groups excluding carboxylic acids is 1. The number of thiophene rings is 1. The number of anilines is 1. The number of nitrogens with zero attached hydrogens (tertiary/aromatic N) is 1. The number of rotatable bonds is 3. The van der Waals surface area contributed by atoms with Crippen molar-refractivity contribution in [3.8, 4) is 5.75 Å². The third-order valence-electron chi connectivity index (χ3n) is 2.64. The fourth-order valence-electron chi connectivity index (χ4n) is 1.64. The first kappa shape index (κ1) is 12.4. The molecule has 2 aromatic rings. The minimum absolute atomic E-state index is 0.134. The Morgan fingerprint density at radius 1 is 1.39 bits per heavy atom. The highest BCUT2D eigenvalue weighted by atomic mass is 32.1. The largest absolute Gasteiger partial charge is 0.508 e. The number of hydrogen-bond acceptors (Lipinski definition) is 4. The maximum Gasteiger partial charge on any atom is 0.266 e. The number of carbonyl (C=O) groups is 1. The molecule has 94 valence electrons. The Kier molecular flexibility index (Phi) is 3.53. The maximum absolute atomic E-state index is 12.1. The molecule has 4 nitrogen and oxygen atoms in total. The lowest BCUT2D eigenvalue weighted by Crippen LogP contribution is -2.26. The van der Waals surface area contributed by atoms with Crippen molar-refractivity contribution in [2.24, 2.45) is 0 Å². The van der Waals surface area contributed by atoms with E-state index in [4.69, 9.17) is 5.73 Å². The predicted molar refractivity (Wildman–Crippen MR) is 72.6 cm³/mol. The predicted octanol–water partition coefficient (Wildman–Crippen LogP) is 2.31. The van der Waals surface area contributed by atoms with Gasteiger partial charge in [-0.3, -0.25) is 4.79 Å². The first-order chi connectivity index (χ1) is 8.59. The zero-order chi connectivity index (χ0) is 13.1. The van der Waals surface area contributed by atoms with Crippen molar-refractivity contribution >= 4 is 22.9 Å². The maximum atomic E-state index is 12.1. The van der Waals surface area contributed by atoms with E-state index in [2.05, 4.69) is 0 Å². The van der Waals surface area contributed by atoms with Crippen LogP contribution < -0.4 is 5.73 Å². The van der Waals surface area contributed by atoms with Crippen LogP contribution in [0.3, 0.4) is 0 Å². The number of nitrogens with two attached hydrogens (primary N) is 1. The first-order valence-electron chi connectivity index (χ1n) is 5.45. The average Bonchev–Trinajstić information content (AvgIpc) is 2.77. The normalized spacial score (nSPS) is 10.3. The molecule has 0 fully saturated rings. The number of nitrogen functional groups attached to an aromatic ring is 1. The van der Waals surface area contributed by atoms with Crippen molar-refractivity contribution in [3.63, 3.8) is 0 Å². The summed E-state index contributed by atoms with van der Waals surface area (Å²) >= 11 is 1.32. The van der Waals surface area contributed by atoms with Gasteiger partial charge < -0.3 is 15.7 Å². The zero-order valence-electron chi connectivity index (χ0n) is 9.96. The molecule has 0 unspecified atom stereocenters. The van der Waals surface area contributed by atoms with Gasteiger partial charge in [-0.15, -0.1) is 11.3 Å². The summed E-state index contributed by atoms with van der Waals surface area (Å²) in [6.07, 6.45) is 0. The fraction of sp³-hybridized carbons (Fsp3) is 0.154. The number of benzene rings is 1. The molecule has 18 heavy (non-hydrogen) atoms. The van der Waals surface area contributed by atoms with Gasteiger partial charge in [-0.05, 0) is 17.5 Å². The lowest BCUT2D eigenvalue weighted by molar-refractivity contribution is 0.0790. The fourth-order valence-corrected chi connectivity index (χ4v) is 2.45. The van der Waals surface area contributed by atoms with E-state index in [1.165, 1.54) is 16.2 Å². The number of para-hydroxylation sites is 1.